The highest BCUT2D eigenvalue weighted by Crippen LogP contribution is 2.14. The Labute approximate surface area is 129 Å². The number of nitrogens with one attached hydrogen (secondary N) is 2. The van der Waals surface area contributed by atoms with Crippen LogP contribution in [0.5, 0.6) is 0 Å². The van der Waals surface area contributed by atoms with E-state index in [0.717, 1.165) is 5.56 Å². The maximum absolute atomic E-state index is 11.9. The van der Waals surface area contributed by atoms with E-state index in [1.54, 1.807) is 24.3 Å². The molecule has 5 heteroatoms. The first kappa shape index (κ1) is 15.7. The van der Waals surface area contributed by atoms with Gasteiger partial charge in [-0.3, -0.25) is 9.59 Å². The van der Waals surface area contributed by atoms with E-state index in [1.165, 1.54) is 7.11 Å². The molecule has 114 valence electrons. The third kappa shape index (κ3) is 5.03. The van der Waals surface area contributed by atoms with Crippen molar-refractivity contribution in [3.63, 3.8) is 0 Å². The Morgan fingerprint density at radius 2 is 1.41 bits per heavy atom. The first-order valence-electron chi connectivity index (χ1n) is 6.90. The summed E-state index contributed by atoms with van der Waals surface area (Å²) in [5.41, 5.74) is 2.30. The molecule has 0 radical (unpaired) electrons. The molecule has 22 heavy (non-hydrogen) atoms. The molecule has 0 atom stereocenters. The maximum atomic E-state index is 11.9. The normalized spacial score (nSPS) is 10.0. The summed E-state index contributed by atoms with van der Waals surface area (Å²) in [5.74, 6) is -0.300. The van der Waals surface area contributed by atoms with Crippen molar-refractivity contribution >= 4 is 23.2 Å². The van der Waals surface area contributed by atoms with Crippen LogP contribution in [-0.2, 0) is 20.7 Å². The SMILES string of the molecule is COCC(=O)Nc1ccc(NC(=O)Cc2ccccc2)cc1. The topological polar surface area (TPSA) is 67.4 Å². The molecule has 0 aliphatic carbocycles. The molecule has 0 aliphatic rings. The molecule has 0 fully saturated rings. The van der Waals surface area contributed by atoms with Gasteiger partial charge in [-0.15, -0.1) is 0 Å². The molecule has 0 spiro atoms. The van der Waals surface area contributed by atoms with Crippen molar-refractivity contribution in [1.82, 2.24) is 0 Å². The van der Waals surface area contributed by atoms with Crippen LogP contribution in [0.3, 0.4) is 0 Å². The highest BCUT2D eigenvalue weighted by Gasteiger charge is 2.05. The lowest BCUT2D eigenvalue weighted by Crippen LogP contribution is -2.17. The largest absolute Gasteiger partial charge is 0.375 e. The van der Waals surface area contributed by atoms with Crippen LogP contribution in [0.1, 0.15) is 5.56 Å². The van der Waals surface area contributed by atoms with E-state index in [-0.39, 0.29) is 18.4 Å². The van der Waals surface area contributed by atoms with Crippen LogP contribution in [0.25, 0.3) is 0 Å². The van der Waals surface area contributed by atoms with Crippen molar-refractivity contribution in [2.24, 2.45) is 0 Å². The minimum absolute atomic E-state index is 0.00949. The van der Waals surface area contributed by atoms with E-state index in [9.17, 15) is 9.59 Å². The first-order chi connectivity index (χ1) is 10.7. The van der Waals surface area contributed by atoms with Crippen molar-refractivity contribution in [1.29, 1.82) is 0 Å². The van der Waals surface area contributed by atoms with Gasteiger partial charge >= 0.3 is 0 Å². The smallest absolute Gasteiger partial charge is 0.250 e. The second-order valence-corrected chi connectivity index (χ2v) is 4.77. The zero-order valence-corrected chi connectivity index (χ0v) is 12.3. The maximum Gasteiger partial charge on any atom is 0.250 e. The molecule has 2 aromatic carbocycles. The third-order valence-corrected chi connectivity index (χ3v) is 2.94. The zero-order valence-electron chi connectivity index (χ0n) is 12.3. The van der Waals surface area contributed by atoms with Gasteiger partial charge in [0.2, 0.25) is 11.8 Å². The van der Waals surface area contributed by atoms with Gasteiger partial charge in [0.1, 0.15) is 6.61 Å². The van der Waals surface area contributed by atoms with E-state index in [4.69, 9.17) is 4.74 Å². The van der Waals surface area contributed by atoms with Crippen molar-refractivity contribution in [2.75, 3.05) is 24.4 Å². The van der Waals surface area contributed by atoms with Crippen molar-refractivity contribution in [3.8, 4) is 0 Å². The molecule has 2 rings (SSSR count). The predicted molar refractivity (Wildman–Crippen MR) is 85.7 cm³/mol. The molecular formula is C17H18N2O3. The summed E-state index contributed by atoms with van der Waals surface area (Å²) < 4.78 is 4.74. The Morgan fingerprint density at radius 3 is 1.95 bits per heavy atom. The second kappa shape index (κ2) is 7.95. The number of anilines is 2. The molecule has 5 nitrogen and oxygen atoms in total. The number of hydrogen-bond acceptors (Lipinski definition) is 3. The summed E-state index contributed by atoms with van der Waals surface area (Å²) in [7, 11) is 1.46. The standard InChI is InChI=1S/C17H18N2O3/c1-22-12-17(21)19-15-9-7-14(8-10-15)18-16(20)11-13-5-3-2-4-6-13/h2-10H,11-12H2,1H3,(H,18,20)(H,19,21). The molecule has 0 aromatic heterocycles. The number of amides is 2. The van der Waals surface area contributed by atoms with Gasteiger partial charge in [0, 0.05) is 18.5 Å². The lowest BCUT2D eigenvalue weighted by molar-refractivity contribution is -0.119. The average molecular weight is 298 g/mol. The van der Waals surface area contributed by atoms with Crippen LogP contribution in [0.2, 0.25) is 0 Å². The fourth-order valence-electron chi connectivity index (χ4n) is 1.95. The quantitative estimate of drug-likeness (QED) is 0.861. The Bertz CT molecular complexity index is 624. The van der Waals surface area contributed by atoms with Crippen molar-refractivity contribution in [2.45, 2.75) is 6.42 Å². The van der Waals surface area contributed by atoms with Crippen molar-refractivity contribution in [3.05, 3.63) is 60.2 Å². The Balaban J connectivity index is 1.88. The Morgan fingerprint density at radius 1 is 0.864 bits per heavy atom. The molecule has 0 bridgehead atoms. The van der Waals surface area contributed by atoms with Gasteiger partial charge in [0.15, 0.2) is 0 Å². The second-order valence-electron chi connectivity index (χ2n) is 4.77. The Hall–Kier alpha value is -2.66. The zero-order chi connectivity index (χ0) is 15.8. The van der Waals surface area contributed by atoms with Crippen LogP contribution in [0.4, 0.5) is 11.4 Å². The minimum atomic E-state index is -0.219. The van der Waals surface area contributed by atoms with Gasteiger partial charge in [-0.05, 0) is 29.8 Å². The van der Waals surface area contributed by atoms with Crippen molar-refractivity contribution < 1.29 is 14.3 Å². The number of carbonyl (C=O) groups excluding carboxylic acids is 2. The number of benzene rings is 2. The van der Waals surface area contributed by atoms with E-state index in [0.29, 0.717) is 17.8 Å². The van der Waals surface area contributed by atoms with E-state index in [2.05, 4.69) is 10.6 Å². The minimum Gasteiger partial charge on any atom is -0.375 e. The van der Waals surface area contributed by atoms with Gasteiger partial charge in [0.25, 0.3) is 0 Å². The van der Waals surface area contributed by atoms with E-state index < -0.39 is 0 Å². The summed E-state index contributed by atoms with van der Waals surface area (Å²) in [6.45, 7) is 0.00949. The van der Waals surface area contributed by atoms with E-state index in [1.807, 2.05) is 30.3 Å². The molecule has 0 aliphatic heterocycles. The van der Waals surface area contributed by atoms with Gasteiger partial charge < -0.3 is 15.4 Å². The van der Waals surface area contributed by atoms with Crippen LogP contribution in [-0.4, -0.2) is 25.5 Å². The number of rotatable bonds is 6. The summed E-state index contributed by atoms with van der Waals surface area (Å²) in [4.78, 5) is 23.3. The van der Waals surface area contributed by atoms with Gasteiger partial charge in [-0.25, -0.2) is 0 Å². The average Bonchev–Trinajstić information content (AvgIpc) is 2.50. The predicted octanol–water partition coefficient (Wildman–Crippen LogP) is 2.45. The summed E-state index contributed by atoms with van der Waals surface area (Å²) in [6, 6.07) is 16.5. The lowest BCUT2D eigenvalue weighted by atomic mass is 10.1. The lowest BCUT2D eigenvalue weighted by Gasteiger charge is -2.08. The van der Waals surface area contributed by atoms with Gasteiger partial charge in [0.05, 0.1) is 6.42 Å². The highest BCUT2D eigenvalue weighted by atomic mass is 16.5. The third-order valence-electron chi connectivity index (χ3n) is 2.94. The number of ether oxygens (including phenoxy) is 1. The summed E-state index contributed by atoms with van der Waals surface area (Å²) in [5, 5.41) is 5.51. The molecule has 0 unspecified atom stereocenters. The molecule has 0 heterocycles. The number of methoxy groups -OCH3 is 1. The van der Waals surface area contributed by atoms with Crippen LogP contribution < -0.4 is 10.6 Å². The molecule has 2 amide bonds. The number of hydrogen-bond donors (Lipinski definition) is 2. The van der Waals surface area contributed by atoms with Crippen LogP contribution in [0.15, 0.2) is 54.6 Å². The summed E-state index contributed by atoms with van der Waals surface area (Å²) in [6.07, 6.45) is 0.327. The molecular weight excluding hydrogens is 280 g/mol. The fraction of sp³-hybridized carbons (Fsp3) is 0.176. The van der Waals surface area contributed by atoms with Crippen LogP contribution in [0, 0.1) is 0 Å². The fourth-order valence-corrected chi connectivity index (χ4v) is 1.95. The van der Waals surface area contributed by atoms with E-state index >= 15 is 0 Å². The van der Waals surface area contributed by atoms with Crippen LogP contribution >= 0.6 is 0 Å². The van der Waals surface area contributed by atoms with Gasteiger partial charge in [-0.1, -0.05) is 30.3 Å². The monoisotopic (exact) mass is 298 g/mol. The molecule has 2 aromatic rings. The molecule has 0 saturated heterocycles. The number of carbonyl (C=O) groups is 2. The first-order valence-corrected chi connectivity index (χ1v) is 6.90. The Kier molecular flexibility index (Phi) is 5.68. The molecule has 2 N–H and O–H groups in total. The summed E-state index contributed by atoms with van der Waals surface area (Å²) >= 11 is 0. The van der Waals surface area contributed by atoms with Gasteiger partial charge in [-0.2, -0.15) is 0 Å². The molecule has 0 saturated carbocycles. The highest BCUT2D eigenvalue weighted by molar-refractivity contribution is 5.94.